The molecule has 1 heterocycles. The second-order valence-corrected chi connectivity index (χ2v) is 4.45. The van der Waals surface area contributed by atoms with E-state index in [0.717, 1.165) is 0 Å². The first kappa shape index (κ1) is 15.0. The monoisotopic (exact) mass is 268 g/mol. The van der Waals surface area contributed by atoms with Gasteiger partial charge in [-0.25, -0.2) is 9.78 Å². The third-order valence-electron chi connectivity index (χ3n) is 2.87. The highest BCUT2D eigenvalue weighted by atomic mass is 16.4. The Kier molecular flexibility index (Phi) is 5.84. The van der Waals surface area contributed by atoms with E-state index in [9.17, 15) is 9.59 Å². The third kappa shape index (κ3) is 5.41. The summed E-state index contributed by atoms with van der Waals surface area (Å²) in [7, 11) is 1.66. The number of imidazole rings is 1. The second kappa shape index (κ2) is 7.40. The van der Waals surface area contributed by atoms with Gasteiger partial charge in [0.05, 0.1) is 6.54 Å². The molecule has 19 heavy (non-hydrogen) atoms. The molecule has 0 fully saturated rings. The molecular formula is C12H20N4O3. The average Bonchev–Trinajstić information content (AvgIpc) is 2.86. The van der Waals surface area contributed by atoms with Gasteiger partial charge in [-0.15, -0.1) is 0 Å². The van der Waals surface area contributed by atoms with Crippen molar-refractivity contribution in [3.8, 4) is 0 Å². The number of aromatic nitrogens is 2. The molecule has 1 aromatic heterocycles. The minimum absolute atomic E-state index is 0.0431. The summed E-state index contributed by atoms with van der Waals surface area (Å²) >= 11 is 0. The summed E-state index contributed by atoms with van der Waals surface area (Å²) in [5, 5.41) is 11.5. The Bertz CT molecular complexity index is 405. The number of aromatic amines is 1. The highest BCUT2D eigenvalue weighted by Crippen LogP contribution is 2.06. The first-order chi connectivity index (χ1) is 9.02. The molecule has 2 amide bonds. The van der Waals surface area contributed by atoms with E-state index in [2.05, 4.69) is 15.3 Å². The second-order valence-electron chi connectivity index (χ2n) is 4.45. The van der Waals surface area contributed by atoms with Crippen LogP contribution in [0.15, 0.2) is 12.4 Å². The van der Waals surface area contributed by atoms with Crippen LogP contribution in [0.2, 0.25) is 0 Å². The Balaban J connectivity index is 2.35. The van der Waals surface area contributed by atoms with E-state index in [1.165, 1.54) is 4.90 Å². The summed E-state index contributed by atoms with van der Waals surface area (Å²) in [5.41, 5.74) is 0. The third-order valence-corrected chi connectivity index (χ3v) is 2.87. The van der Waals surface area contributed by atoms with Gasteiger partial charge >= 0.3 is 12.0 Å². The molecule has 0 bridgehead atoms. The summed E-state index contributed by atoms with van der Waals surface area (Å²) < 4.78 is 0. The molecule has 0 spiro atoms. The number of nitrogens with zero attached hydrogens (tertiary/aromatic N) is 2. The number of carboxylic acid groups (broad SMARTS) is 1. The molecule has 0 radical (unpaired) electrons. The van der Waals surface area contributed by atoms with Crippen LogP contribution in [0.5, 0.6) is 0 Å². The smallest absolute Gasteiger partial charge is 0.317 e. The van der Waals surface area contributed by atoms with Gasteiger partial charge in [-0.1, -0.05) is 13.3 Å². The molecule has 1 aromatic rings. The van der Waals surface area contributed by atoms with E-state index in [-0.39, 0.29) is 18.4 Å². The molecule has 7 nitrogen and oxygen atoms in total. The summed E-state index contributed by atoms with van der Waals surface area (Å²) in [4.78, 5) is 30.9. The normalized spacial score (nSPS) is 11.9. The Hall–Kier alpha value is -2.05. The maximum absolute atomic E-state index is 11.8. The molecule has 0 saturated heterocycles. The van der Waals surface area contributed by atoms with Crippen molar-refractivity contribution in [2.24, 2.45) is 5.92 Å². The largest absolute Gasteiger partial charge is 0.481 e. The fourth-order valence-corrected chi connectivity index (χ4v) is 1.66. The Labute approximate surface area is 112 Å². The molecule has 3 N–H and O–H groups in total. The van der Waals surface area contributed by atoms with Crippen molar-refractivity contribution in [3.05, 3.63) is 18.2 Å². The lowest BCUT2D eigenvalue weighted by Crippen LogP contribution is -2.39. The predicted molar refractivity (Wildman–Crippen MR) is 69.5 cm³/mol. The number of urea groups is 1. The number of nitrogens with one attached hydrogen (secondary N) is 2. The predicted octanol–water partition coefficient (Wildman–Crippen LogP) is 1.05. The highest BCUT2D eigenvalue weighted by Gasteiger charge is 2.15. The van der Waals surface area contributed by atoms with Gasteiger partial charge < -0.3 is 20.3 Å². The van der Waals surface area contributed by atoms with Crippen molar-refractivity contribution in [2.45, 2.75) is 26.3 Å². The van der Waals surface area contributed by atoms with E-state index in [1.54, 1.807) is 19.4 Å². The van der Waals surface area contributed by atoms with Crippen LogP contribution in [0.1, 0.15) is 25.6 Å². The van der Waals surface area contributed by atoms with Gasteiger partial charge in [0.25, 0.3) is 0 Å². The van der Waals surface area contributed by atoms with Crippen molar-refractivity contribution in [3.63, 3.8) is 0 Å². The van der Waals surface area contributed by atoms with Crippen molar-refractivity contribution in [2.75, 3.05) is 13.6 Å². The zero-order chi connectivity index (χ0) is 14.3. The lowest BCUT2D eigenvalue weighted by molar-refractivity contribution is -0.138. The molecule has 0 aliphatic heterocycles. The fraction of sp³-hybridized carbons (Fsp3) is 0.583. The molecule has 1 atom stereocenters. The summed E-state index contributed by atoms with van der Waals surface area (Å²) in [5.74, 6) is -0.182. The number of carboxylic acids is 1. The van der Waals surface area contributed by atoms with Crippen LogP contribution in [0, 0.1) is 5.92 Å². The molecule has 0 aliphatic rings. The Morgan fingerprint density at radius 2 is 2.32 bits per heavy atom. The average molecular weight is 268 g/mol. The Morgan fingerprint density at radius 1 is 1.58 bits per heavy atom. The molecule has 106 valence electrons. The first-order valence-electron chi connectivity index (χ1n) is 6.22. The van der Waals surface area contributed by atoms with Crippen LogP contribution in [0.3, 0.4) is 0 Å². The lowest BCUT2D eigenvalue weighted by Gasteiger charge is -2.19. The van der Waals surface area contributed by atoms with Gasteiger partial charge in [-0.05, 0) is 5.92 Å². The number of carbonyl (C=O) groups excluding carboxylic acids is 1. The highest BCUT2D eigenvalue weighted by molar-refractivity contribution is 5.74. The zero-order valence-electron chi connectivity index (χ0n) is 11.2. The zero-order valence-corrected chi connectivity index (χ0v) is 11.2. The molecule has 0 aliphatic carbocycles. The van der Waals surface area contributed by atoms with Gasteiger partial charge in [-0.3, -0.25) is 4.79 Å². The molecule has 1 rings (SSSR count). The number of carbonyl (C=O) groups is 2. The maximum atomic E-state index is 11.8. The van der Waals surface area contributed by atoms with Crippen molar-refractivity contribution in [1.29, 1.82) is 0 Å². The SMILES string of the molecule is CCC(CNC(=O)N(C)Cc1ncc[nH]1)CC(=O)O. The van der Waals surface area contributed by atoms with E-state index < -0.39 is 5.97 Å². The van der Waals surface area contributed by atoms with Crippen LogP contribution >= 0.6 is 0 Å². The van der Waals surface area contributed by atoms with E-state index in [4.69, 9.17) is 5.11 Å². The van der Waals surface area contributed by atoms with Crippen molar-refractivity contribution >= 4 is 12.0 Å². The molecule has 0 aromatic carbocycles. The number of amides is 2. The first-order valence-corrected chi connectivity index (χ1v) is 6.22. The van der Waals surface area contributed by atoms with E-state index in [1.807, 2.05) is 6.92 Å². The van der Waals surface area contributed by atoms with Gasteiger partial charge in [0, 0.05) is 32.4 Å². The van der Waals surface area contributed by atoms with Crippen LogP contribution in [-0.4, -0.2) is 45.6 Å². The van der Waals surface area contributed by atoms with Gasteiger partial charge in [0.15, 0.2) is 0 Å². The van der Waals surface area contributed by atoms with Crippen molar-refractivity contribution < 1.29 is 14.7 Å². The standard InChI is InChI=1S/C12H20N4O3/c1-3-9(6-11(17)18)7-15-12(19)16(2)8-10-13-4-5-14-10/h4-5,9H,3,6-8H2,1-2H3,(H,13,14)(H,15,19)(H,17,18). The van der Waals surface area contributed by atoms with Crippen LogP contribution in [0.4, 0.5) is 4.79 Å². The van der Waals surface area contributed by atoms with Gasteiger partial charge in [0.1, 0.15) is 5.82 Å². The number of rotatable bonds is 7. The molecular weight excluding hydrogens is 248 g/mol. The summed E-state index contributed by atoms with van der Waals surface area (Å²) in [6.45, 7) is 2.66. The summed E-state index contributed by atoms with van der Waals surface area (Å²) in [6.07, 6.45) is 4.11. The fourth-order valence-electron chi connectivity index (χ4n) is 1.66. The molecule has 7 heteroatoms. The van der Waals surface area contributed by atoms with E-state index >= 15 is 0 Å². The summed E-state index contributed by atoms with van der Waals surface area (Å²) in [6, 6.07) is -0.236. The van der Waals surface area contributed by atoms with Crippen LogP contribution in [-0.2, 0) is 11.3 Å². The minimum atomic E-state index is -0.843. The van der Waals surface area contributed by atoms with E-state index in [0.29, 0.717) is 25.3 Å². The Morgan fingerprint density at radius 3 is 2.84 bits per heavy atom. The number of aliphatic carboxylic acids is 1. The van der Waals surface area contributed by atoms with Gasteiger partial charge in [-0.2, -0.15) is 0 Å². The lowest BCUT2D eigenvalue weighted by atomic mass is 10.0. The molecule has 1 unspecified atom stereocenters. The molecule has 0 saturated carbocycles. The minimum Gasteiger partial charge on any atom is -0.481 e. The number of hydrogen-bond acceptors (Lipinski definition) is 3. The van der Waals surface area contributed by atoms with Gasteiger partial charge in [0.2, 0.25) is 0 Å². The quantitative estimate of drug-likeness (QED) is 0.688. The number of H-pyrrole nitrogens is 1. The number of hydrogen-bond donors (Lipinski definition) is 3. The maximum Gasteiger partial charge on any atom is 0.317 e. The van der Waals surface area contributed by atoms with Crippen LogP contribution in [0.25, 0.3) is 0 Å². The van der Waals surface area contributed by atoms with Crippen molar-refractivity contribution in [1.82, 2.24) is 20.2 Å². The van der Waals surface area contributed by atoms with Crippen LogP contribution < -0.4 is 5.32 Å². The topological polar surface area (TPSA) is 98.3 Å².